The Kier molecular flexibility index (Phi) is 8.71. The van der Waals surface area contributed by atoms with Crippen LogP contribution in [-0.4, -0.2) is 25.7 Å². The molecule has 7 heteroatoms. The van der Waals surface area contributed by atoms with Crippen molar-refractivity contribution < 1.29 is 8.83 Å². The molecule has 0 bridgehead atoms. The zero-order chi connectivity index (χ0) is 35.1. The Labute approximate surface area is 298 Å². The molecule has 1 aliphatic rings. The molecule has 0 radical (unpaired) electrons. The third-order valence-electron chi connectivity index (χ3n) is 9.14. The topological polar surface area (TPSA) is 69.9 Å². The number of allylic oxidation sites excluding steroid dienone is 3. The van der Waals surface area contributed by atoms with Crippen molar-refractivity contribution in [2.45, 2.75) is 41.0 Å². The van der Waals surface area contributed by atoms with Crippen molar-refractivity contribution in [3.63, 3.8) is 0 Å². The third-order valence-corrected chi connectivity index (χ3v) is 10.6. The van der Waals surface area contributed by atoms with Crippen LogP contribution in [0.2, 0.25) is 0 Å². The van der Waals surface area contributed by atoms with Crippen LogP contribution < -0.4 is 0 Å². The van der Waals surface area contributed by atoms with Crippen LogP contribution in [-0.2, 0) is 0 Å². The number of aromatic nitrogens is 4. The lowest BCUT2D eigenvalue weighted by Gasteiger charge is -2.14. The molecule has 0 amide bonds. The van der Waals surface area contributed by atoms with Gasteiger partial charge in [-0.2, -0.15) is 0 Å². The number of aryl methyl sites for hydroxylation is 2. The van der Waals surface area contributed by atoms with E-state index in [1.165, 1.54) is 40.3 Å². The number of rotatable bonds is 2. The van der Waals surface area contributed by atoms with Crippen LogP contribution in [0.25, 0.3) is 76.9 Å². The molecule has 0 fully saturated rings. The summed E-state index contributed by atoms with van der Waals surface area (Å²) in [5.41, 5.74) is 13.4. The molecule has 7 heterocycles. The molecule has 0 spiro atoms. The highest BCUT2D eigenvalue weighted by molar-refractivity contribution is 7.50. The molecule has 9 aromatic rings. The predicted octanol–water partition coefficient (Wildman–Crippen LogP) is 12.5. The van der Waals surface area contributed by atoms with Crippen molar-refractivity contribution in [1.29, 1.82) is 0 Å². The van der Waals surface area contributed by atoms with Crippen LogP contribution in [0.1, 0.15) is 44.0 Å². The first-order valence-electron chi connectivity index (χ1n) is 17.5. The molecule has 1 aliphatic heterocycles. The summed E-state index contributed by atoms with van der Waals surface area (Å²) in [4.78, 5) is 13.7. The fraction of sp³-hybridized carbons (Fsp3) is 0.159. The van der Waals surface area contributed by atoms with Crippen LogP contribution in [0.4, 0.5) is 0 Å². The highest BCUT2D eigenvalue weighted by Crippen LogP contribution is 2.40. The van der Waals surface area contributed by atoms with Gasteiger partial charge in [-0.1, -0.05) is 58.7 Å². The van der Waals surface area contributed by atoms with Gasteiger partial charge < -0.3 is 13.4 Å². The van der Waals surface area contributed by atoms with E-state index in [0.29, 0.717) is 0 Å². The number of furan rings is 2. The number of nitrogens with zero attached hydrogens (tertiary/aromatic N) is 4. The second-order valence-corrected chi connectivity index (χ2v) is 14.3. The van der Waals surface area contributed by atoms with Crippen molar-refractivity contribution in [2.24, 2.45) is 0 Å². The van der Waals surface area contributed by atoms with Gasteiger partial charge in [0.2, 0.25) is 0 Å². The molecule has 51 heavy (non-hydrogen) atoms. The van der Waals surface area contributed by atoms with E-state index in [1.54, 1.807) is 0 Å². The van der Waals surface area contributed by atoms with E-state index in [9.17, 15) is 0 Å². The zero-order valence-corrected chi connectivity index (χ0v) is 30.5. The van der Waals surface area contributed by atoms with Crippen LogP contribution in [0, 0.1) is 13.8 Å². The van der Waals surface area contributed by atoms with Gasteiger partial charge in [-0.3, -0.25) is 15.0 Å². The van der Waals surface area contributed by atoms with E-state index in [2.05, 4.69) is 115 Å². The fourth-order valence-electron chi connectivity index (χ4n) is 6.85. The summed E-state index contributed by atoms with van der Waals surface area (Å²) in [6.45, 7) is 10.7. The Morgan fingerprint density at radius 3 is 1.88 bits per heavy atom. The number of fused-ring (bicyclic) bond motifs is 9. The molecule has 0 saturated carbocycles. The molecule has 0 aliphatic carbocycles. The van der Waals surface area contributed by atoms with Gasteiger partial charge in [0.25, 0.3) is 0 Å². The largest absolute Gasteiger partial charge is 0.456 e. The molecule has 0 N–H and O–H groups in total. The van der Waals surface area contributed by atoms with Crippen molar-refractivity contribution in [3.05, 3.63) is 138 Å². The first kappa shape index (κ1) is 32.6. The van der Waals surface area contributed by atoms with Crippen LogP contribution in [0.15, 0.2) is 130 Å². The van der Waals surface area contributed by atoms with Crippen LogP contribution in [0.3, 0.4) is 0 Å². The molecular weight excluding hydrogens is 647 g/mol. The predicted molar refractivity (Wildman–Crippen MR) is 216 cm³/mol. The summed E-state index contributed by atoms with van der Waals surface area (Å²) in [5, 5.41) is 5.81. The van der Waals surface area contributed by atoms with E-state index in [1.807, 2.05) is 55.0 Å². The third kappa shape index (κ3) is 5.90. The maximum atomic E-state index is 6.23. The molecule has 6 aromatic heterocycles. The van der Waals surface area contributed by atoms with Gasteiger partial charge in [0.15, 0.2) is 0 Å². The van der Waals surface area contributed by atoms with Crippen molar-refractivity contribution >= 4 is 79.8 Å². The van der Waals surface area contributed by atoms with Crippen LogP contribution >= 0.6 is 8.58 Å². The first-order chi connectivity index (χ1) is 24.9. The van der Waals surface area contributed by atoms with Crippen molar-refractivity contribution in [2.75, 3.05) is 6.16 Å². The normalized spacial score (nSPS) is 13.4. The average molecular weight is 687 g/mol. The maximum Gasteiger partial charge on any atom is 0.139 e. The number of pyridine rings is 3. The minimum atomic E-state index is 0.820. The standard InChI is InChI=1S/C29H17N3O2.C12H14NP.C3H8/c1-16-6-8-24-18(12-16)20-14-21-19-13-17(7-9-25(19)34-27(21)15-26(20)33-24)32-22-4-2-10-30-28(22)29-23(32)5-3-11-31-29;1-9-5-3-7-13-11(9)12-10(2)6-4-8-14-12;1-3-2/h2-15H,1H3;3-7,14H,8H2,1-2H3;3H2,1-2H3. The molecule has 3 aromatic carbocycles. The molecule has 252 valence electrons. The first-order valence-corrected chi connectivity index (χ1v) is 18.7. The fourth-order valence-corrected chi connectivity index (χ4v) is 8.08. The highest BCUT2D eigenvalue weighted by Gasteiger charge is 2.17. The summed E-state index contributed by atoms with van der Waals surface area (Å²) in [6, 6.07) is 29.0. The van der Waals surface area contributed by atoms with Gasteiger partial charge in [-0.15, -0.1) is 0 Å². The molecule has 6 nitrogen and oxygen atoms in total. The minimum Gasteiger partial charge on any atom is -0.456 e. The Morgan fingerprint density at radius 2 is 1.24 bits per heavy atom. The lowest BCUT2D eigenvalue weighted by atomic mass is 10.1. The summed E-state index contributed by atoms with van der Waals surface area (Å²) >= 11 is 0. The summed E-state index contributed by atoms with van der Waals surface area (Å²) in [6.07, 6.45) is 12.4. The Bertz CT molecular complexity index is 2750. The number of hydrogen-bond donors (Lipinski definition) is 0. The SMILES string of the molecule is CC1=C(c2ncccc2C)PCC=C1.CCC.Cc1ccc2oc3cc4oc5ccc(-n6c7cccnc7c7ncccc76)cc5c4cc3c2c1. The Hall–Kier alpha value is -5.58. The average Bonchev–Trinajstić information content (AvgIpc) is 3.80. The van der Waals surface area contributed by atoms with Gasteiger partial charge in [0.1, 0.15) is 33.4 Å². The summed E-state index contributed by atoms with van der Waals surface area (Å²) in [7, 11) is 0.877. The monoisotopic (exact) mass is 686 g/mol. The smallest absolute Gasteiger partial charge is 0.139 e. The highest BCUT2D eigenvalue weighted by atomic mass is 31.1. The Morgan fingerprint density at radius 1 is 0.647 bits per heavy atom. The van der Waals surface area contributed by atoms with Gasteiger partial charge in [0, 0.05) is 57.2 Å². The van der Waals surface area contributed by atoms with E-state index in [4.69, 9.17) is 8.83 Å². The molecule has 1 unspecified atom stereocenters. The van der Waals surface area contributed by atoms with E-state index < -0.39 is 0 Å². The Balaban J connectivity index is 0.000000184. The van der Waals surface area contributed by atoms with Gasteiger partial charge in [-0.05, 0) is 105 Å². The van der Waals surface area contributed by atoms with Gasteiger partial charge in [0.05, 0.1) is 16.7 Å². The molecule has 0 saturated heterocycles. The summed E-state index contributed by atoms with van der Waals surface area (Å²) < 4.78 is 14.6. The van der Waals surface area contributed by atoms with Gasteiger partial charge in [-0.25, -0.2) is 0 Å². The quantitative estimate of drug-likeness (QED) is 0.169. The number of hydrogen-bond acceptors (Lipinski definition) is 5. The molecule has 1 atom stereocenters. The minimum absolute atomic E-state index is 0.820. The maximum absolute atomic E-state index is 6.23. The van der Waals surface area contributed by atoms with Gasteiger partial charge >= 0.3 is 0 Å². The second kappa shape index (κ2) is 13.6. The zero-order valence-electron chi connectivity index (χ0n) is 29.5. The second-order valence-electron chi connectivity index (χ2n) is 13.0. The van der Waals surface area contributed by atoms with Crippen molar-refractivity contribution in [1.82, 2.24) is 19.5 Å². The van der Waals surface area contributed by atoms with Crippen LogP contribution in [0.5, 0.6) is 0 Å². The van der Waals surface area contributed by atoms with Crippen molar-refractivity contribution in [3.8, 4) is 5.69 Å². The number of benzene rings is 3. The lowest BCUT2D eigenvalue weighted by Crippen LogP contribution is -1.94. The summed E-state index contributed by atoms with van der Waals surface area (Å²) in [5.74, 6) is 0. The van der Waals surface area contributed by atoms with E-state index >= 15 is 0 Å². The van der Waals surface area contributed by atoms with E-state index in [0.717, 1.165) is 80.2 Å². The van der Waals surface area contributed by atoms with E-state index in [-0.39, 0.29) is 0 Å². The molecular formula is C44H39N4O2P. The lowest BCUT2D eigenvalue weighted by molar-refractivity contribution is 0.656. The molecule has 10 rings (SSSR count).